The van der Waals surface area contributed by atoms with Crippen molar-refractivity contribution >= 4 is 11.8 Å². The van der Waals surface area contributed by atoms with Gasteiger partial charge in [-0.1, -0.05) is 6.92 Å². The minimum atomic E-state index is 0.333. The molecule has 0 aliphatic rings. The number of nitrogens with two attached hydrogens (primary N) is 1. The lowest BCUT2D eigenvalue weighted by molar-refractivity contribution is 0.258. The molecule has 0 aromatic carbocycles. The van der Waals surface area contributed by atoms with Crippen molar-refractivity contribution in [1.82, 2.24) is 4.90 Å². The first-order valence-corrected chi connectivity index (χ1v) is 5.95. The maximum Gasteiger partial charge on any atom is 0.0165 e. The molecule has 74 valence electrons. The molecule has 0 aliphatic carbocycles. The fraction of sp³-hybridized carbons (Fsp3) is 1.00. The first-order valence-electron chi connectivity index (χ1n) is 4.56. The SMILES string of the molecule is CCC(N)CN(C)C(C)CSC. The lowest BCUT2D eigenvalue weighted by Gasteiger charge is -2.26. The Bertz CT molecular complexity index is 109. The van der Waals surface area contributed by atoms with E-state index in [9.17, 15) is 0 Å². The molecule has 3 heteroatoms. The zero-order valence-corrected chi connectivity index (χ0v) is 9.53. The van der Waals surface area contributed by atoms with E-state index >= 15 is 0 Å². The molecular formula is C9H22N2S. The zero-order chi connectivity index (χ0) is 9.56. The number of rotatable bonds is 6. The molecule has 2 atom stereocenters. The highest BCUT2D eigenvalue weighted by Gasteiger charge is 2.10. The molecule has 0 aliphatic heterocycles. The molecule has 0 spiro atoms. The molecule has 0 fully saturated rings. The molecule has 2 unspecified atom stereocenters. The summed E-state index contributed by atoms with van der Waals surface area (Å²) in [6.45, 7) is 5.40. The Morgan fingerprint density at radius 3 is 2.50 bits per heavy atom. The molecule has 0 bridgehead atoms. The van der Waals surface area contributed by atoms with Gasteiger partial charge in [-0.3, -0.25) is 0 Å². The second-order valence-electron chi connectivity index (χ2n) is 3.41. The van der Waals surface area contributed by atoms with Gasteiger partial charge < -0.3 is 10.6 Å². The maximum absolute atomic E-state index is 5.86. The Balaban J connectivity index is 3.62. The third-order valence-electron chi connectivity index (χ3n) is 2.21. The van der Waals surface area contributed by atoms with Gasteiger partial charge in [-0.05, 0) is 26.6 Å². The summed E-state index contributed by atoms with van der Waals surface area (Å²) >= 11 is 1.89. The van der Waals surface area contributed by atoms with Gasteiger partial charge in [0.05, 0.1) is 0 Å². The fourth-order valence-corrected chi connectivity index (χ4v) is 1.78. The van der Waals surface area contributed by atoms with Crippen molar-refractivity contribution in [3.8, 4) is 0 Å². The average molecular weight is 190 g/mol. The molecule has 0 amide bonds. The van der Waals surface area contributed by atoms with Crippen LogP contribution in [0.1, 0.15) is 20.3 Å². The Hall–Kier alpha value is 0.270. The van der Waals surface area contributed by atoms with E-state index in [2.05, 4.69) is 32.1 Å². The van der Waals surface area contributed by atoms with Crippen LogP contribution in [0.5, 0.6) is 0 Å². The summed E-state index contributed by atoms with van der Waals surface area (Å²) in [4.78, 5) is 2.34. The van der Waals surface area contributed by atoms with Crippen LogP contribution in [0.25, 0.3) is 0 Å². The molecule has 0 saturated carbocycles. The minimum Gasteiger partial charge on any atom is -0.327 e. The minimum absolute atomic E-state index is 0.333. The average Bonchev–Trinajstić information content (AvgIpc) is 2.04. The monoisotopic (exact) mass is 190 g/mol. The molecule has 0 aromatic rings. The van der Waals surface area contributed by atoms with Gasteiger partial charge >= 0.3 is 0 Å². The van der Waals surface area contributed by atoms with Crippen LogP contribution in [0.3, 0.4) is 0 Å². The third kappa shape index (κ3) is 5.01. The van der Waals surface area contributed by atoms with Crippen LogP contribution in [-0.4, -0.2) is 42.6 Å². The summed E-state index contributed by atoms with van der Waals surface area (Å²) in [6.07, 6.45) is 3.21. The van der Waals surface area contributed by atoms with Crippen molar-refractivity contribution in [1.29, 1.82) is 0 Å². The summed E-state index contributed by atoms with van der Waals surface area (Å²) in [6, 6.07) is 0.969. The van der Waals surface area contributed by atoms with Crippen molar-refractivity contribution < 1.29 is 0 Å². The topological polar surface area (TPSA) is 29.3 Å². The molecule has 0 rings (SSSR count). The van der Waals surface area contributed by atoms with Crippen LogP contribution in [-0.2, 0) is 0 Å². The van der Waals surface area contributed by atoms with E-state index < -0.39 is 0 Å². The van der Waals surface area contributed by atoms with Crippen LogP contribution in [0, 0.1) is 0 Å². The highest BCUT2D eigenvalue weighted by Crippen LogP contribution is 2.04. The smallest absolute Gasteiger partial charge is 0.0165 e. The summed E-state index contributed by atoms with van der Waals surface area (Å²) in [7, 11) is 2.15. The predicted molar refractivity (Wildman–Crippen MR) is 58.7 cm³/mol. The van der Waals surface area contributed by atoms with E-state index in [0.717, 1.165) is 13.0 Å². The van der Waals surface area contributed by atoms with E-state index in [1.807, 2.05) is 11.8 Å². The van der Waals surface area contributed by atoms with Crippen molar-refractivity contribution in [3.05, 3.63) is 0 Å². The highest BCUT2D eigenvalue weighted by molar-refractivity contribution is 7.98. The Kier molecular flexibility index (Phi) is 6.90. The number of hydrogen-bond donors (Lipinski definition) is 1. The van der Waals surface area contributed by atoms with E-state index in [1.165, 1.54) is 5.75 Å². The van der Waals surface area contributed by atoms with Crippen LogP contribution >= 0.6 is 11.8 Å². The predicted octanol–water partition coefficient (Wildman–Crippen LogP) is 1.41. The van der Waals surface area contributed by atoms with Crippen molar-refractivity contribution in [2.45, 2.75) is 32.4 Å². The molecule has 12 heavy (non-hydrogen) atoms. The van der Waals surface area contributed by atoms with Gasteiger partial charge in [0.2, 0.25) is 0 Å². The lowest BCUT2D eigenvalue weighted by Crippen LogP contribution is -2.40. The van der Waals surface area contributed by atoms with Gasteiger partial charge in [0, 0.05) is 24.4 Å². The normalized spacial score (nSPS) is 16.5. The van der Waals surface area contributed by atoms with Crippen molar-refractivity contribution in [3.63, 3.8) is 0 Å². The first kappa shape index (κ1) is 12.3. The second-order valence-corrected chi connectivity index (χ2v) is 4.32. The third-order valence-corrected chi connectivity index (χ3v) is 3.02. The molecule has 0 radical (unpaired) electrons. The molecular weight excluding hydrogens is 168 g/mol. The zero-order valence-electron chi connectivity index (χ0n) is 8.71. The summed E-state index contributed by atoms with van der Waals surface area (Å²) in [5.41, 5.74) is 5.86. The fourth-order valence-electron chi connectivity index (χ4n) is 1.05. The van der Waals surface area contributed by atoms with E-state index in [4.69, 9.17) is 5.73 Å². The summed E-state index contributed by atoms with van der Waals surface area (Å²) in [5.74, 6) is 1.19. The van der Waals surface area contributed by atoms with Crippen molar-refractivity contribution in [2.24, 2.45) is 5.73 Å². The first-order chi connectivity index (χ1) is 5.61. The number of thioether (sulfide) groups is 1. The van der Waals surface area contributed by atoms with E-state index in [-0.39, 0.29) is 0 Å². The van der Waals surface area contributed by atoms with Crippen LogP contribution in [0.15, 0.2) is 0 Å². The van der Waals surface area contributed by atoms with Crippen molar-refractivity contribution in [2.75, 3.05) is 25.6 Å². The molecule has 2 N–H and O–H groups in total. The van der Waals surface area contributed by atoms with Gasteiger partial charge in [-0.25, -0.2) is 0 Å². The molecule has 0 saturated heterocycles. The van der Waals surface area contributed by atoms with Gasteiger partial charge in [0.1, 0.15) is 0 Å². The molecule has 0 aromatic heterocycles. The van der Waals surface area contributed by atoms with Gasteiger partial charge in [0.25, 0.3) is 0 Å². The number of nitrogens with zero attached hydrogens (tertiary/aromatic N) is 1. The molecule has 2 nitrogen and oxygen atoms in total. The van der Waals surface area contributed by atoms with Gasteiger partial charge in [0.15, 0.2) is 0 Å². The maximum atomic E-state index is 5.86. The van der Waals surface area contributed by atoms with E-state index in [0.29, 0.717) is 12.1 Å². The molecule has 0 heterocycles. The van der Waals surface area contributed by atoms with Gasteiger partial charge in [-0.15, -0.1) is 0 Å². The Morgan fingerprint density at radius 1 is 1.50 bits per heavy atom. The van der Waals surface area contributed by atoms with Gasteiger partial charge in [-0.2, -0.15) is 11.8 Å². The van der Waals surface area contributed by atoms with E-state index in [1.54, 1.807) is 0 Å². The lowest BCUT2D eigenvalue weighted by atomic mass is 10.2. The van der Waals surface area contributed by atoms with Crippen LogP contribution in [0.4, 0.5) is 0 Å². The Morgan fingerprint density at radius 2 is 2.08 bits per heavy atom. The quantitative estimate of drug-likeness (QED) is 0.686. The number of hydrogen-bond acceptors (Lipinski definition) is 3. The number of likely N-dealkylation sites (N-methyl/N-ethyl adjacent to an activating group) is 1. The highest BCUT2D eigenvalue weighted by atomic mass is 32.2. The standard InChI is InChI=1S/C9H22N2S/c1-5-9(10)6-11(3)8(2)7-12-4/h8-9H,5-7,10H2,1-4H3. The summed E-state index contributed by atoms with van der Waals surface area (Å²) in [5, 5.41) is 0. The summed E-state index contributed by atoms with van der Waals surface area (Å²) < 4.78 is 0. The van der Waals surface area contributed by atoms with Crippen LogP contribution < -0.4 is 5.73 Å². The Labute approximate surface area is 80.9 Å². The van der Waals surface area contributed by atoms with Crippen LogP contribution in [0.2, 0.25) is 0 Å². The largest absolute Gasteiger partial charge is 0.327 e. The second kappa shape index (κ2) is 6.75.